The lowest BCUT2D eigenvalue weighted by Crippen LogP contribution is -2.61. The molecule has 2 aliphatic heterocycles. The molecule has 4 amide bonds. The zero-order valence-electron chi connectivity index (χ0n) is 23.6. The number of amides is 4. The van der Waals surface area contributed by atoms with E-state index >= 15 is 0 Å². The predicted molar refractivity (Wildman–Crippen MR) is 149 cm³/mol. The van der Waals surface area contributed by atoms with Gasteiger partial charge in [-0.05, 0) is 38.0 Å². The topological polar surface area (TPSA) is 153 Å². The molecule has 0 spiro atoms. The van der Waals surface area contributed by atoms with Crippen LogP contribution < -0.4 is 20.5 Å². The first kappa shape index (κ1) is 29.4. The van der Waals surface area contributed by atoms with Crippen molar-refractivity contribution in [2.45, 2.75) is 38.3 Å². The summed E-state index contributed by atoms with van der Waals surface area (Å²) < 4.78 is 16.1. The van der Waals surface area contributed by atoms with Crippen molar-refractivity contribution in [2.75, 3.05) is 33.9 Å². The number of methoxy groups -OCH3 is 1. The number of rotatable bonds is 10. The number of carbonyl (C=O) groups is 4. The molecule has 3 N–H and O–H groups in total. The molecule has 2 atom stereocenters. The van der Waals surface area contributed by atoms with Gasteiger partial charge in [0.2, 0.25) is 5.91 Å². The van der Waals surface area contributed by atoms with Gasteiger partial charge in [0.05, 0.1) is 12.8 Å². The van der Waals surface area contributed by atoms with Gasteiger partial charge in [-0.25, -0.2) is 9.80 Å². The van der Waals surface area contributed by atoms with Gasteiger partial charge >= 0.3 is 6.09 Å². The van der Waals surface area contributed by atoms with E-state index in [9.17, 15) is 19.2 Å². The number of nitrogens with one attached hydrogen (secondary N) is 1. The molecule has 0 radical (unpaired) electrons. The fourth-order valence-corrected chi connectivity index (χ4v) is 5.11. The number of fused-ring (bicyclic) bond motifs is 1. The van der Waals surface area contributed by atoms with Gasteiger partial charge in [0.1, 0.15) is 29.6 Å². The van der Waals surface area contributed by atoms with Gasteiger partial charge in [-0.2, -0.15) is 5.10 Å². The monoisotopic (exact) mass is 565 g/mol. The van der Waals surface area contributed by atoms with E-state index in [4.69, 9.17) is 19.9 Å². The van der Waals surface area contributed by atoms with Gasteiger partial charge in [0, 0.05) is 32.6 Å². The molecule has 2 heterocycles. The maximum Gasteiger partial charge on any atom is 0.405 e. The highest BCUT2D eigenvalue weighted by Crippen LogP contribution is 2.38. The van der Waals surface area contributed by atoms with Crippen LogP contribution in [-0.2, 0) is 25.5 Å². The summed E-state index contributed by atoms with van der Waals surface area (Å²) in [5.74, 6) is -0.410. The Morgan fingerprint density at radius 3 is 2.51 bits per heavy atom. The minimum atomic E-state index is -1.65. The van der Waals surface area contributed by atoms with Crippen molar-refractivity contribution >= 4 is 29.5 Å². The lowest BCUT2D eigenvalue weighted by molar-refractivity contribution is -0.145. The van der Waals surface area contributed by atoms with E-state index in [1.165, 1.54) is 26.0 Å². The van der Waals surface area contributed by atoms with Crippen LogP contribution in [0.2, 0.25) is 0 Å². The van der Waals surface area contributed by atoms with E-state index < -0.39 is 35.0 Å². The summed E-state index contributed by atoms with van der Waals surface area (Å²) in [6, 6.07) is 15.2. The van der Waals surface area contributed by atoms with Crippen LogP contribution in [0.1, 0.15) is 25.8 Å². The lowest BCUT2D eigenvalue weighted by atomic mass is 9.73. The largest absolute Gasteiger partial charge is 0.497 e. The zero-order valence-corrected chi connectivity index (χ0v) is 23.6. The maximum atomic E-state index is 14.0. The van der Waals surface area contributed by atoms with E-state index in [1.54, 1.807) is 36.2 Å². The van der Waals surface area contributed by atoms with Gasteiger partial charge in [0.15, 0.2) is 5.60 Å². The summed E-state index contributed by atoms with van der Waals surface area (Å²) in [5, 5.41) is 8.49. The third kappa shape index (κ3) is 6.42. The van der Waals surface area contributed by atoms with Crippen LogP contribution in [0.5, 0.6) is 11.5 Å². The molecule has 0 unspecified atom stereocenters. The molecule has 0 aromatic heterocycles. The van der Waals surface area contributed by atoms with Crippen LogP contribution in [0.4, 0.5) is 4.79 Å². The summed E-state index contributed by atoms with van der Waals surface area (Å²) in [7, 11) is 3.13. The molecule has 0 saturated carbocycles. The van der Waals surface area contributed by atoms with E-state index in [2.05, 4.69) is 10.4 Å². The Hall–Kier alpha value is -4.61. The number of hydrazone groups is 1. The normalized spacial score (nSPS) is 19.1. The minimum Gasteiger partial charge on any atom is -0.497 e. The second kappa shape index (κ2) is 11.9. The number of hydrogen-bond acceptors (Lipinski definition) is 8. The van der Waals surface area contributed by atoms with Crippen molar-refractivity contribution in [3.63, 3.8) is 0 Å². The molecule has 0 aliphatic carbocycles. The first-order valence-corrected chi connectivity index (χ1v) is 13.2. The van der Waals surface area contributed by atoms with Crippen LogP contribution in [0.3, 0.4) is 0 Å². The predicted octanol–water partition coefficient (Wildman–Crippen LogP) is 1.72. The van der Waals surface area contributed by atoms with Crippen molar-refractivity contribution in [3.05, 3.63) is 60.2 Å². The van der Waals surface area contributed by atoms with Crippen molar-refractivity contribution in [1.29, 1.82) is 0 Å². The van der Waals surface area contributed by atoms with E-state index in [0.29, 0.717) is 30.9 Å². The number of benzene rings is 2. The lowest BCUT2D eigenvalue weighted by Gasteiger charge is -2.40. The van der Waals surface area contributed by atoms with Gasteiger partial charge in [0.25, 0.3) is 11.8 Å². The second-order valence-corrected chi connectivity index (χ2v) is 10.6. The number of hydrogen-bond donors (Lipinski definition) is 2. The quantitative estimate of drug-likeness (QED) is 0.445. The molecular formula is C29H35N5O7. The number of primary amides is 1. The van der Waals surface area contributed by atoms with Crippen molar-refractivity contribution < 1.29 is 33.4 Å². The van der Waals surface area contributed by atoms with Crippen molar-refractivity contribution in [2.24, 2.45) is 16.3 Å². The van der Waals surface area contributed by atoms with Crippen molar-refractivity contribution in [3.8, 4) is 11.5 Å². The van der Waals surface area contributed by atoms with Crippen LogP contribution >= 0.6 is 0 Å². The molecule has 12 nitrogen and oxygen atoms in total. The number of ether oxygens (including phenoxy) is 3. The minimum absolute atomic E-state index is 0.0788. The van der Waals surface area contributed by atoms with E-state index in [-0.39, 0.29) is 19.1 Å². The van der Waals surface area contributed by atoms with Gasteiger partial charge in [-0.15, -0.1) is 0 Å². The molecule has 218 valence electrons. The SMILES string of the molecule is COc1cccc(OC[C@@H](NC(=O)C(C)(C)OC(N)=O)C(=O)N2CCC3=NN(C)C(=O)[C@]3(Cc3ccccc3)C2)c1. The molecule has 2 aliphatic rings. The van der Waals surface area contributed by atoms with Gasteiger partial charge < -0.3 is 30.2 Å². The Morgan fingerprint density at radius 2 is 1.83 bits per heavy atom. The molecule has 1 saturated heterocycles. The summed E-state index contributed by atoms with van der Waals surface area (Å²) in [6.07, 6.45) is -0.367. The average molecular weight is 566 g/mol. The fourth-order valence-electron chi connectivity index (χ4n) is 5.11. The first-order valence-electron chi connectivity index (χ1n) is 13.2. The summed E-state index contributed by atoms with van der Waals surface area (Å²) in [4.78, 5) is 53.5. The zero-order chi connectivity index (χ0) is 29.8. The number of nitrogens with zero attached hydrogens (tertiary/aromatic N) is 3. The number of piperidine rings is 1. The van der Waals surface area contributed by atoms with E-state index in [1.807, 2.05) is 30.3 Å². The molecule has 4 rings (SSSR count). The van der Waals surface area contributed by atoms with Crippen molar-refractivity contribution in [1.82, 2.24) is 15.2 Å². The van der Waals surface area contributed by atoms with Crippen LogP contribution in [0.25, 0.3) is 0 Å². The third-order valence-corrected chi connectivity index (χ3v) is 7.23. The fraction of sp³-hybridized carbons (Fsp3) is 0.414. The molecule has 41 heavy (non-hydrogen) atoms. The summed E-state index contributed by atoms with van der Waals surface area (Å²) in [5.41, 5.74) is 4.12. The maximum absolute atomic E-state index is 14.0. The van der Waals surface area contributed by atoms with Crippen LogP contribution in [-0.4, -0.2) is 84.9 Å². The number of nitrogens with two attached hydrogens (primary N) is 1. The Morgan fingerprint density at radius 1 is 1.12 bits per heavy atom. The molecule has 1 fully saturated rings. The smallest absolute Gasteiger partial charge is 0.405 e. The third-order valence-electron chi connectivity index (χ3n) is 7.23. The summed E-state index contributed by atoms with van der Waals surface area (Å²) >= 11 is 0. The standard InChI is InChI=1S/C29H35N5O7/c1-28(2,41-27(30)38)25(36)31-22(17-40-21-12-8-11-20(15-21)39-4)24(35)34-14-13-23-29(18-34,26(37)33(3)32-23)16-19-9-6-5-7-10-19/h5-12,15,22H,13-14,16-18H2,1-4H3,(H2,30,38)(H,31,36)/t22-,29-/m1/s1. The number of carbonyl (C=O) groups excluding carboxylic acids is 4. The Balaban J connectivity index is 1.60. The van der Waals surface area contributed by atoms with Gasteiger partial charge in [-0.1, -0.05) is 36.4 Å². The molecule has 2 aromatic rings. The highest BCUT2D eigenvalue weighted by Gasteiger charge is 2.54. The summed E-state index contributed by atoms with van der Waals surface area (Å²) in [6.45, 7) is 2.87. The Bertz CT molecular complexity index is 1350. The molecular weight excluding hydrogens is 530 g/mol. The Labute approximate surface area is 238 Å². The van der Waals surface area contributed by atoms with Gasteiger partial charge in [-0.3, -0.25) is 14.4 Å². The molecule has 2 aromatic carbocycles. The average Bonchev–Trinajstić information content (AvgIpc) is 3.19. The first-order chi connectivity index (χ1) is 19.4. The highest BCUT2D eigenvalue weighted by molar-refractivity contribution is 6.13. The Kier molecular flexibility index (Phi) is 8.50. The highest BCUT2D eigenvalue weighted by atomic mass is 16.6. The molecule has 0 bridgehead atoms. The van der Waals surface area contributed by atoms with Crippen LogP contribution in [0.15, 0.2) is 59.7 Å². The molecule has 12 heteroatoms. The van der Waals surface area contributed by atoms with E-state index in [0.717, 1.165) is 11.3 Å². The second-order valence-electron chi connectivity index (χ2n) is 10.6. The van der Waals surface area contributed by atoms with Crippen LogP contribution in [0, 0.1) is 5.41 Å². The number of likely N-dealkylation sites (tertiary alicyclic amines) is 1.